The van der Waals surface area contributed by atoms with Crippen LogP contribution in [0.1, 0.15) is 69.5 Å². The number of rotatable bonds is 9. The molecule has 3 aromatic carbocycles. The van der Waals surface area contributed by atoms with E-state index in [2.05, 4.69) is 26.1 Å². The van der Waals surface area contributed by atoms with Gasteiger partial charge in [-0.05, 0) is 95.8 Å². The van der Waals surface area contributed by atoms with Gasteiger partial charge in [-0.25, -0.2) is 9.79 Å². The number of aromatic carboxylic acids is 1. The van der Waals surface area contributed by atoms with Gasteiger partial charge in [0.15, 0.2) is 11.5 Å². The van der Waals surface area contributed by atoms with Crippen molar-refractivity contribution in [1.29, 1.82) is 0 Å². The summed E-state index contributed by atoms with van der Waals surface area (Å²) < 4.78 is 11.5. The van der Waals surface area contributed by atoms with E-state index in [4.69, 9.17) is 37.7 Å². The SMILES string of the molecule is COc1cc(C=Nc2sc3c(c2C(=O)Nc2ccc(Cl)cc2)CC[C@H](C(C)(C)C)C3)cc(Cl)c1OCc1cccc(C(=O)O)c1. The van der Waals surface area contributed by atoms with Gasteiger partial charge >= 0.3 is 5.97 Å². The number of hydrogen-bond donors (Lipinski definition) is 2. The Morgan fingerprint density at radius 3 is 2.56 bits per heavy atom. The molecule has 5 rings (SSSR count). The number of thiophene rings is 1. The van der Waals surface area contributed by atoms with Gasteiger partial charge in [0, 0.05) is 21.8 Å². The molecule has 1 aliphatic carbocycles. The molecule has 1 heterocycles. The van der Waals surface area contributed by atoms with Crippen molar-refractivity contribution in [3.05, 3.63) is 103 Å². The average molecular weight is 666 g/mol. The highest BCUT2D eigenvalue weighted by molar-refractivity contribution is 7.16. The minimum atomic E-state index is -1.01. The maximum Gasteiger partial charge on any atom is 0.335 e. The zero-order chi connectivity index (χ0) is 32.3. The van der Waals surface area contributed by atoms with Crippen LogP contribution in [0.3, 0.4) is 0 Å². The van der Waals surface area contributed by atoms with Crippen molar-refractivity contribution in [2.24, 2.45) is 16.3 Å². The smallest absolute Gasteiger partial charge is 0.335 e. The zero-order valence-electron chi connectivity index (χ0n) is 25.4. The Balaban J connectivity index is 1.43. The lowest BCUT2D eigenvalue weighted by molar-refractivity contribution is 0.0696. The van der Waals surface area contributed by atoms with Crippen molar-refractivity contribution < 1.29 is 24.2 Å². The molecule has 2 N–H and O–H groups in total. The molecule has 1 atom stereocenters. The fourth-order valence-electron chi connectivity index (χ4n) is 5.40. The Morgan fingerprint density at radius 1 is 1.11 bits per heavy atom. The first-order valence-electron chi connectivity index (χ1n) is 14.5. The van der Waals surface area contributed by atoms with Gasteiger partial charge < -0.3 is 19.9 Å². The molecule has 7 nitrogen and oxygen atoms in total. The van der Waals surface area contributed by atoms with Gasteiger partial charge in [0.1, 0.15) is 11.6 Å². The first-order valence-corrected chi connectivity index (χ1v) is 16.1. The standard InChI is InChI=1S/C35H34Cl2N2O5S/c1-35(2,3)23-8-13-26-29(17-23)45-33(30(26)32(40)39-25-11-9-24(36)10-12-25)38-18-21-15-27(37)31(28(16-21)43-4)44-19-20-6-5-7-22(14-20)34(41)42/h5-7,9-12,14-16,18,23H,8,13,17,19H2,1-4H3,(H,39,40)(H,41,42)/t23-/m0/s1. The summed E-state index contributed by atoms with van der Waals surface area (Å²) in [6, 6.07) is 17.0. The van der Waals surface area contributed by atoms with Gasteiger partial charge in [-0.3, -0.25) is 4.79 Å². The molecule has 10 heteroatoms. The van der Waals surface area contributed by atoms with Crippen molar-refractivity contribution >= 4 is 63.3 Å². The first-order chi connectivity index (χ1) is 21.4. The van der Waals surface area contributed by atoms with E-state index in [1.807, 2.05) is 0 Å². The number of carboxylic acids is 1. The first kappa shape index (κ1) is 32.5. The maximum absolute atomic E-state index is 13.7. The van der Waals surface area contributed by atoms with Crippen molar-refractivity contribution in [3.8, 4) is 11.5 Å². The van der Waals surface area contributed by atoms with Gasteiger partial charge in [-0.2, -0.15) is 0 Å². The van der Waals surface area contributed by atoms with Crippen LogP contribution >= 0.6 is 34.5 Å². The summed E-state index contributed by atoms with van der Waals surface area (Å²) in [7, 11) is 1.52. The molecule has 0 aliphatic heterocycles. The minimum Gasteiger partial charge on any atom is -0.493 e. The molecule has 0 unspecified atom stereocenters. The normalized spacial score (nSPS) is 14.7. The fourth-order valence-corrected chi connectivity index (χ4v) is 7.07. The molecule has 1 aromatic heterocycles. The lowest BCUT2D eigenvalue weighted by atomic mass is 9.72. The van der Waals surface area contributed by atoms with E-state index in [1.54, 1.807) is 72.1 Å². The molecule has 0 spiro atoms. The number of carbonyl (C=O) groups excluding carboxylic acids is 1. The number of aliphatic imine (C=N–C) groups is 1. The number of amides is 1. The van der Waals surface area contributed by atoms with Gasteiger partial charge in [0.25, 0.3) is 5.91 Å². The highest BCUT2D eigenvalue weighted by Crippen LogP contribution is 2.45. The Hall–Kier alpha value is -3.85. The monoisotopic (exact) mass is 664 g/mol. The number of benzene rings is 3. The van der Waals surface area contributed by atoms with E-state index >= 15 is 0 Å². The topological polar surface area (TPSA) is 97.2 Å². The van der Waals surface area contributed by atoms with Crippen LogP contribution in [0.25, 0.3) is 0 Å². The summed E-state index contributed by atoms with van der Waals surface area (Å²) in [5, 5.41) is 13.8. The van der Waals surface area contributed by atoms with E-state index < -0.39 is 5.97 Å². The molecule has 0 bridgehead atoms. The maximum atomic E-state index is 13.7. The van der Waals surface area contributed by atoms with Crippen LogP contribution in [0.15, 0.2) is 65.7 Å². The summed E-state index contributed by atoms with van der Waals surface area (Å²) in [5.74, 6) is 0.0251. The third-order valence-electron chi connectivity index (χ3n) is 7.94. The van der Waals surface area contributed by atoms with Crippen molar-refractivity contribution in [3.63, 3.8) is 0 Å². The van der Waals surface area contributed by atoms with Crippen LogP contribution in [-0.2, 0) is 19.4 Å². The van der Waals surface area contributed by atoms with E-state index in [0.29, 0.717) is 54.8 Å². The van der Waals surface area contributed by atoms with Crippen molar-refractivity contribution in [2.75, 3.05) is 12.4 Å². The van der Waals surface area contributed by atoms with E-state index in [9.17, 15) is 14.7 Å². The van der Waals surface area contributed by atoms with Gasteiger partial charge in [-0.1, -0.05) is 56.1 Å². The third-order valence-corrected chi connectivity index (χ3v) is 9.64. The largest absolute Gasteiger partial charge is 0.493 e. The number of hydrogen-bond acceptors (Lipinski definition) is 6. The van der Waals surface area contributed by atoms with E-state index in [-0.39, 0.29) is 23.5 Å². The van der Waals surface area contributed by atoms with Crippen LogP contribution in [0, 0.1) is 11.3 Å². The van der Waals surface area contributed by atoms with Gasteiger partial charge in [-0.15, -0.1) is 11.3 Å². The summed E-state index contributed by atoms with van der Waals surface area (Å²) in [5.41, 5.74) is 3.99. The summed E-state index contributed by atoms with van der Waals surface area (Å²) >= 11 is 14.2. The second-order valence-corrected chi connectivity index (χ2v) is 14.0. The van der Waals surface area contributed by atoms with Crippen LogP contribution in [0.2, 0.25) is 10.0 Å². The molecule has 0 saturated carbocycles. The lowest BCUT2D eigenvalue weighted by Crippen LogP contribution is -2.27. The second-order valence-electron chi connectivity index (χ2n) is 12.0. The molecule has 0 fully saturated rings. The van der Waals surface area contributed by atoms with Gasteiger partial charge in [0.2, 0.25) is 0 Å². The summed E-state index contributed by atoms with van der Waals surface area (Å²) in [6.45, 7) is 6.90. The number of ether oxygens (including phenoxy) is 2. The Morgan fingerprint density at radius 2 is 1.87 bits per heavy atom. The molecule has 0 saturated heterocycles. The lowest BCUT2D eigenvalue weighted by Gasteiger charge is -2.33. The van der Waals surface area contributed by atoms with Crippen molar-refractivity contribution in [1.82, 2.24) is 0 Å². The number of methoxy groups -OCH3 is 1. The predicted octanol–water partition coefficient (Wildman–Crippen LogP) is 9.49. The number of nitrogens with one attached hydrogen (secondary N) is 1. The Bertz CT molecular complexity index is 1760. The third kappa shape index (κ3) is 7.69. The predicted molar refractivity (Wildman–Crippen MR) is 182 cm³/mol. The summed E-state index contributed by atoms with van der Waals surface area (Å²) in [4.78, 5) is 31.0. The second kappa shape index (κ2) is 13.6. The van der Waals surface area contributed by atoms with Crippen LogP contribution in [0.5, 0.6) is 11.5 Å². The highest BCUT2D eigenvalue weighted by Gasteiger charge is 2.33. The van der Waals surface area contributed by atoms with Crippen molar-refractivity contribution in [2.45, 2.75) is 46.6 Å². The quantitative estimate of drug-likeness (QED) is 0.174. The summed E-state index contributed by atoms with van der Waals surface area (Å²) in [6.07, 6.45) is 4.40. The van der Waals surface area contributed by atoms with Crippen LogP contribution in [0.4, 0.5) is 10.7 Å². The fraction of sp³-hybridized carbons (Fsp3) is 0.286. The molecular weight excluding hydrogens is 631 g/mol. The van der Waals surface area contributed by atoms with E-state index in [0.717, 1.165) is 24.8 Å². The number of nitrogens with zero attached hydrogens (tertiary/aromatic N) is 1. The van der Waals surface area contributed by atoms with Crippen LogP contribution < -0.4 is 14.8 Å². The minimum absolute atomic E-state index is 0.104. The number of carbonyl (C=O) groups is 2. The molecule has 1 amide bonds. The molecular formula is C35H34Cl2N2O5S. The number of halogens is 2. The zero-order valence-corrected chi connectivity index (χ0v) is 27.8. The molecule has 1 aliphatic rings. The Kier molecular flexibility index (Phi) is 9.87. The molecule has 0 radical (unpaired) electrons. The molecule has 234 valence electrons. The highest BCUT2D eigenvalue weighted by atomic mass is 35.5. The number of anilines is 1. The molecule has 45 heavy (non-hydrogen) atoms. The number of carboxylic acid groups (broad SMARTS) is 1. The Labute approximate surface area is 276 Å². The van der Waals surface area contributed by atoms with Gasteiger partial charge in [0.05, 0.1) is 23.3 Å². The average Bonchev–Trinajstić information content (AvgIpc) is 3.38. The number of fused-ring (bicyclic) bond motifs is 1. The van der Waals surface area contributed by atoms with E-state index in [1.165, 1.54) is 18.1 Å². The molecule has 4 aromatic rings. The van der Waals surface area contributed by atoms with Crippen LogP contribution in [-0.4, -0.2) is 30.3 Å².